The minimum absolute atomic E-state index is 0.0589. The zero-order valence-corrected chi connectivity index (χ0v) is 20.1. The molecule has 36 heavy (non-hydrogen) atoms. The van der Waals surface area contributed by atoms with Crippen molar-refractivity contribution in [2.75, 3.05) is 13.6 Å². The van der Waals surface area contributed by atoms with Gasteiger partial charge in [0.1, 0.15) is 5.75 Å². The van der Waals surface area contributed by atoms with Crippen molar-refractivity contribution in [1.82, 2.24) is 39.8 Å². The van der Waals surface area contributed by atoms with E-state index in [1.807, 2.05) is 47.1 Å². The lowest BCUT2D eigenvalue weighted by atomic mass is 10.1. The average Bonchev–Trinajstić information content (AvgIpc) is 3.59. The third kappa shape index (κ3) is 4.14. The molecule has 0 saturated heterocycles. The summed E-state index contributed by atoms with van der Waals surface area (Å²) in [4.78, 5) is 5.25. The lowest BCUT2D eigenvalue weighted by Crippen LogP contribution is -2.23. The molecule has 0 spiro atoms. The van der Waals surface area contributed by atoms with Gasteiger partial charge in [-0.25, -0.2) is 5.43 Å². The molecule has 0 bridgehead atoms. The number of hydrogen-bond acceptors (Lipinski definition) is 8. The molecule has 0 amide bonds. The largest absolute Gasteiger partial charge is 0.433 e. The Bertz CT molecular complexity index is 1630. The number of halogens is 2. The average molecular weight is 507 g/mol. The van der Waals surface area contributed by atoms with Gasteiger partial charge in [-0.2, -0.15) is 13.9 Å². The van der Waals surface area contributed by atoms with Gasteiger partial charge < -0.3 is 9.75 Å². The Morgan fingerprint density at radius 3 is 2.69 bits per heavy atom. The number of hydrazine groups is 1. The molecule has 5 aromatic rings. The molecular formula is C24H20F2N8OS. The number of rotatable bonds is 6. The number of nitrogens with zero attached hydrogens (tertiary/aromatic N) is 7. The predicted molar refractivity (Wildman–Crippen MR) is 131 cm³/mol. The highest BCUT2D eigenvalue weighted by atomic mass is 32.2. The van der Waals surface area contributed by atoms with E-state index in [4.69, 9.17) is 4.74 Å². The molecule has 0 atom stereocenters. The molecule has 1 aliphatic rings. The molecule has 0 unspecified atom stereocenters. The molecule has 4 aromatic heterocycles. The molecule has 0 aliphatic carbocycles. The summed E-state index contributed by atoms with van der Waals surface area (Å²) in [6.45, 7) is -2.25. The number of hydrogen-bond donors (Lipinski definition) is 1. The fourth-order valence-electron chi connectivity index (χ4n) is 4.14. The number of aromatic nitrogens is 6. The summed E-state index contributed by atoms with van der Waals surface area (Å²) in [6.07, 6.45) is 8.89. The summed E-state index contributed by atoms with van der Waals surface area (Å²) >= 11 is 1.38. The minimum Gasteiger partial charge on any atom is -0.433 e. The maximum Gasteiger partial charge on any atom is 0.387 e. The smallest absolute Gasteiger partial charge is 0.387 e. The summed E-state index contributed by atoms with van der Waals surface area (Å²) < 4.78 is 35.3. The molecule has 182 valence electrons. The van der Waals surface area contributed by atoms with E-state index in [9.17, 15) is 8.78 Å². The maximum atomic E-state index is 13.4. The van der Waals surface area contributed by atoms with Crippen LogP contribution in [0.2, 0.25) is 0 Å². The molecule has 1 aliphatic heterocycles. The SMILES string of the molecule is CN1C=C(c2ccc3nnc(Sc4ccc5ncc(-c6cnn(C)c6)c(OC(F)F)c5c4)n3c2)CN1. The van der Waals surface area contributed by atoms with E-state index in [2.05, 4.69) is 25.7 Å². The normalized spacial score (nSPS) is 13.8. The van der Waals surface area contributed by atoms with Crippen molar-refractivity contribution in [3.8, 4) is 16.9 Å². The summed E-state index contributed by atoms with van der Waals surface area (Å²) in [5.74, 6) is 0.0589. The van der Waals surface area contributed by atoms with Crippen LogP contribution >= 0.6 is 11.8 Å². The minimum atomic E-state index is -2.99. The van der Waals surface area contributed by atoms with Gasteiger partial charge >= 0.3 is 6.61 Å². The summed E-state index contributed by atoms with van der Waals surface area (Å²) in [5.41, 5.74) is 7.78. The maximum absolute atomic E-state index is 13.4. The standard InChI is InChI=1S/C24H20F2N8OS/c1-32-11-15(8-28-32)14-3-6-21-30-31-24(34(21)13-14)36-17-4-5-20-18(7-17)22(35-23(25)26)19(10-27-20)16-9-29-33(2)12-16/h3-7,9-13,23,28H,8H2,1-2H3. The van der Waals surface area contributed by atoms with E-state index in [0.717, 1.165) is 22.6 Å². The molecular weight excluding hydrogens is 486 g/mol. The van der Waals surface area contributed by atoms with Crippen LogP contribution in [0.3, 0.4) is 0 Å². The fraction of sp³-hybridized carbons (Fsp3) is 0.167. The van der Waals surface area contributed by atoms with Gasteiger partial charge in [-0.1, -0.05) is 0 Å². The van der Waals surface area contributed by atoms with Crippen molar-refractivity contribution in [3.63, 3.8) is 0 Å². The molecule has 5 heterocycles. The van der Waals surface area contributed by atoms with Gasteiger partial charge in [-0.05, 0) is 53.2 Å². The molecule has 1 aromatic carbocycles. The number of pyridine rings is 2. The van der Waals surface area contributed by atoms with Gasteiger partial charge in [0, 0.05) is 66.8 Å². The van der Waals surface area contributed by atoms with Gasteiger partial charge in [0.15, 0.2) is 10.8 Å². The summed E-state index contributed by atoms with van der Waals surface area (Å²) in [6, 6.07) is 9.38. The highest BCUT2D eigenvalue weighted by molar-refractivity contribution is 7.99. The topological polar surface area (TPSA) is 85.4 Å². The number of nitrogens with one attached hydrogen (secondary N) is 1. The zero-order chi connectivity index (χ0) is 24.8. The third-order valence-electron chi connectivity index (χ3n) is 5.83. The van der Waals surface area contributed by atoms with Gasteiger partial charge in [0.2, 0.25) is 0 Å². The van der Waals surface area contributed by atoms with Crippen molar-refractivity contribution >= 4 is 33.9 Å². The Hall–Kier alpha value is -4.03. The monoisotopic (exact) mass is 506 g/mol. The first-order chi connectivity index (χ1) is 17.4. The molecule has 0 fully saturated rings. The highest BCUT2D eigenvalue weighted by Gasteiger charge is 2.19. The molecule has 12 heteroatoms. The Kier molecular flexibility index (Phi) is 5.53. The van der Waals surface area contributed by atoms with E-state index >= 15 is 0 Å². The Labute approximate surface area is 208 Å². The number of benzene rings is 1. The molecule has 1 N–H and O–H groups in total. The lowest BCUT2D eigenvalue weighted by molar-refractivity contribution is -0.0484. The Morgan fingerprint density at radius 1 is 1.06 bits per heavy atom. The molecule has 0 radical (unpaired) electrons. The van der Waals surface area contributed by atoms with Crippen molar-refractivity contribution in [3.05, 3.63) is 66.9 Å². The predicted octanol–water partition coefficient (Wildman–Crippen LogP) is 4.22. The summed E-state index contributed by atoms with van der Waals surface area (Å²) in [7, 11) is 3.71. The van der Waals surface area contributed by atoms with E-state index < -0.39 is 6.61 Å². The van der Waals surface area contributed by atoms with Crippen molar-refractivity contribution in [1.29, 1.82) is 0 Å². The Balaban J connectivity index is 1.41. The summed E-state index contributed by atoms with van der Waals surface area (Å²) in [5, 5.41) is 15.8. The van der Waals surface area contributed by atoms with Crippen molar-refractivity contribution < 1.29 is 13.5 Å². The number of aryl methyl sites for hydroxylation is 1. The van der Waals surface area contributed by atoms with E-state index in [1.165, 1.54) is 18.0 Å². The van der Waals surface area contributed by atoms with Crippen molar-refractivity contribution in [2.24, 2.45) is 7.05 Å². The quantitative estimate of drug-likeness (QED) is 0.367. The third-order valence-corrected chi connectivity index (χ3v) is 6.78. The van der Waals surface area contributed by atoms with E-state index in [-0.39, 0.29) is 5.75 Å². The second kappa shape index (κ2) is 8.88. The first-order valence-electron chi connectivity index (χ1n) is 11.0. The highest BCUT2D eigenvalue weighted by Crippen LogP contribution is 2.39. The first kappa shape index (κ1) is 22.4. The van der Waals surface area contributed by atoms with Gasteiger partial charge in [0.05, 0.1) is 11.7 Å². The second-order valence-electron chi connectivity index (χ2n) is 8.29. The molecule has 6 rings (SSSR count). The lowest BCUT2D eigenvalue weighted by Gasteiger charge is -2.13. The molecule has 9 nitrogen and oxygen atoms in total. The first-order valence-corrected chi connectivity index (χ1v) is 11.8. The van der Waals surface area contributed by atoms with Crippen LogP contribution < -0.4 is 10.2 Å². The fourth-order valence-corrected chi connectivity index (χ4v) is 4.99. The van der Waals surface area contributed by atoms with Crippen molar-refractivity contribution in [2.45, 2.75) is 16.7 Å². The number of ether oxygens (including phenoxy) is 1. The van der Waals surface area contributed by atoms with Crippen LogP contribution in [0, 0.1) is 0 Å². The van der Waals surface area contributed by atoms with Crippen LogP contribution in [0.5, 0.6) is 5.75 Å². The van der Waals surface area contributed by atoms with Crippen LogP contribution in [-0.2, 0) is 7.05 Å². The van der Waals surface area contributed by atoms with Gasteiger partial charge in [-0.3, -0.25) is 14.1 Å². The van der Waals surface area contributed by atoms with Crippen LogP contribution in [0.25, 0.3) is 33.3 Å². The number of fused-ring (bicyclic) bond motifs is 2. The van der Waals surface area contributed by atoms with Crippen LogP contribution in [-0.4, -0.2) is 54.6 Å². The van der Waals surface area contributed by atoms with E-state index in [0.29, 0.717) is 32.8 Å². The van der Waals surface area contributed by atoms with E-state index in [1.54, 1.807) is 36.3 Å². The van der Waals surface area contributed by atoms with Crippen LogP contribution in [0.1, 0.15) is 5.56 Å². The number of alkyl halides is 2. The van der Waals surface area contributed by atoms with Gasteiger partial charge in [0.25, 0.3) is 0 Å². The Morgan fingerprint density at radius 2 is 1.94 bits per heavy atom. The van der Waals surface area contributed by atoms with Crippen LogP contribution in [0.15, 0.2) is 71.4 Å². The van der Waals surface area contributed by atoms with Crippen LogP contribution in [0.4, 0.5) is 8.78 Å². The zero-order valence-electron chi connectivity index (χ0n) is 19.3. The second-order valence-corrected chi connectivity index (χ2v) is 9.33. The molecule has 0 saturated carbocycles. The van der Waals surface area contributed by atoms with Gasteiger partial charge in [-0.15, -0.1) is 10.2 Å².